The summed E-state index contributed by atoms with van der Waals surface area (Å²) in [5.41, 5.74) is 0.230. The summed E-state index contributed by atoms with van der Waals surface area (Å²) < 4.78 is 45.0. The van der Waals surface area contributed by atoms with Crippen molar-refractivity contribution in [3.8, 4) is 5.75 Å². The molecule has 1 aromatic rings. The molecule has 2 rings (SSSR count). The molecule has 1 atom stereocenters. The largest absolute Gasteiger partial charge is 0.497 e. The quantitative estimate of drug-likeness (QED) is 0.910. The fourth-order valence-electron chi connectivity index (χ4n) is 2.36. The van der Waals surface area contributed by atoms with Gasteiger partial charge < -0.3 is 10.1 Å². The van der Waals surface area contributed by atoms with Gasteiger partial charge in [-0.25, -0.2) is 0 Å². The van der Waals surface area contributed by atoms with Crippen molar-refractivity contribution >= 4 is 24.8 Å². The van der Waals surface area contributed by atoms with Crippen LogP contribution in [-0.2, 0) is 0 Å². The lowest BCUT2D eigenvalue weighted by Gasteiger charge is -2.36. The number of rotatable bonds is 3. The number of nitrogens with one attached hydrogen (secondary N) is 1. The lowest BCUT2D eigenvalue weighted by Crippen LogP contribution is -2.49. The molecule has 122 valence electrons. The van der Waals surface area contributed by atoms with Gasteiger partial charge in [0, 0.05) is 26.2 Å². The van der Waals surface area contributed by atoms with Crippen molar-refractivity contribution in [1.29, 1.82) is 0 Å². The minimum Gasteiger partial charge on any atom is -0.497 e. The van der Waals surface area contributed by atoms with Crippen LogP contribution in [0.15, 0.2) is 24.3 Å². The maximum Gasteiger partial charge on any atom is 0.408 e. The molecular formula is C13H19Cl2F3N2O. The molecule has 0 aromatic heterocycles. The van der Waals surface area contributed by atoms with E-state index in [0.29, 0.717) is 31.9 Å². The molecule has 1 aliphatic heterocycles. The highest BCUT2D eigenvalue weighted by molar-refractivity contribution is 5.85. The van der Waals surface area contributed by atoms with E-state index in [4.69, 9.17) is 4.74 Å². The van der Waals surface area contributed by atoms with Crippen LogP contribution in [0.5, 0.6) is 5.75 Å². The third-order valence-corrected chi connectivity index (χ3v) is 3.24. The van der Waals surface area contributed by atoms with E-state index >= 15 is 0 Å². The van der Waals surface area contributed by atoms with Gasteiger partial charge in [0.25, 0.3) is 0 Å². The number of halogens is 5. The van der Waals surface area contributed by atoms with E-state index in [0.717, 1.165) is 0 Å². The van der Waals surface area contributed by atoms with Gasteiger partial charge >= 0.3 is 6.18 Å². The average Bonchev–Trinajstić information content (AvgIpc) is 2.39. The predicted octanol–water partition coefficient (Wildman–Crippen LogP) is 3.05. The van der Waals surface area contributed by atoms with E-state index in [-0.39, 0.29) is 30.4 Å². The summed E-state index contributed by atoms with van der Waals surface area (Å²) in [6.45, 7) is 1.94. The smallest absolute Gasteiger partial charge is 0.408 e. The highest BCUT2D eigenvalue weighted by atomic mass is 35.5. The topological polar surface area (TPSA) is 24.5 Å². The monoisotopic (exact) mass is 346 g/mol. The number of ether oxygens (including phenoxy) is 1. The van der Waals surface area contributed by atoms with Gasteiger partial charge in [0.05, 0.1) is 7.11 Å². The van der Waals surface area contributed by atoms with Crippen LogP contribution in [0.1, 0.15) is 11.6 Å². The Kier molecular flexibility index (Phi) is 8.39. The van der Waals surface area contributed by atoms with Gasteiger partial charge in [-0.2, -0.15) is 13.2 Å². The van der Waals surface area contributed by atoms with Crippen molar-refractivity contribution in [3.63, 3.8) is 0 Å². The predicted molar refractivity (Wildman–Crippen MR) is 80.7 cm³/mol. The van der Waals surface area contributed by atoms with Crippen LogP contribution in [0.3, 0.4) is 0 Å². The molecule has 1 fully saturated rings. The molecule has 0 saturated carbocycles. The number of hydrogen-bond acceptors (Lipinski definition) is 3. The Hall–Kier alpha value is -0.690. The third-order valence-electron chi connectivity index (χ3n) is 3.24. The molecule has 0 spiro atoms. The molecular weight excluding hydrogens is 328 g/mol. The molecule has 0 amide bonds. The van der Waals surface area contributed by atoms with Crippen LogP contribution in [-0.4, -0.2) is 44.4 Å². The number of benzene rings is 1. The van der Waals surface area contributed by atoms with Crippen molar-refractivity contribution < 1.29 is 17.9 Å². The van der Waals surface area contributed by atoms with Crippen LogP contribution in [0, 0.1) is 0 Å². The Morgan fingerprint density at radius 2 is 1.81 bits per heavy atom. The summed E-state index contributed by atoms with van der Waals surface area (Å²) in [6, 6.07) is 4.64. The van der Waals surface area contributed by atoms with Gasteiger partial charge in [-0.3, -0.25) is 4.90 Å². The van der Waals surface area contributed by atoms with Crippen molar-refractivity contribution in [2.45, 2.75) is 12.2 Å². The van der Waals surface area contributed by atoms with E-state index < -0.39 is 12.2 Å². The first-order valence-corrected chi connectivity index (χ1v) is 6.18. The van der Waals surface area contributed by atoms with Gasteiger partial charge in [-0.15, -0.1) is 24.8 Å². The van der Waals surface area contributed by atoms with E-state index in [1.165, 1.54) is 24.1 Å². The Balaban J connectivity index is 0.00000200. The second-order valence-electron chi connectivity index (χ2n) is 4.51. The number of piperazine rings is 1. The van der Waals surface area contributed by atoms with Crippen LogP contribution < -0.4 is 10.1 Å². The van der Waals surface area contributed by atoms with Crippen molar-refractivity contribution in [2.75, 3.05) is 33.3 Å². The molecule has 1 N–H and O–H groups in total. The first kappa shape index (κ1) is 20.3. The number of alkyl halides is 3. The Labute approximate surface area is 134 Å². The standard InChI is InChI=1S/C13H17F3N2O.2ClH/c1-19-11-4-2-3-10(9-11)12(13(14,15)16)18-7-5-17-6-8-18;;/h2-4,9,12,17H,5-8H2,1H3;2*1H/t12-;;/m1../s1. The zero-order valence-electron chi connectivity index (χ0n) is 11.5. The van der Waals surface area contributed by atoms with Gasteiger partial charge in [0.15, 0.2) is 0 Å². The maximum atomic E-state index is 13.3. The van der Waals surface area contributed by atoms with Crippen LogP contribution in [0.2, 0.25) is 0 Å². The molecule has 21 heavy (non-hydrogen) atoms. The van der Waals surface area contributed by atoms with Crippen molar-refractivity contribution in [2.24, 2.45) is 0 Å². The zero-order chi connectivity index (χ0) is 13.9. The molecule has 0 aliphatic carbocycles. The van der Waals surface area contributed by atoms with Crippen LogP contribution in [0.25, 0.3) is 0 Å². The number of nitrogens with zero attached hydrogens (tertiary/aromatic N) is 1. The van der Waals surface area contributed by atoms with Crippen LogP contribution in [0.4, 0.5) is 13.2 Å². The molecule has 0 unspecified atom stereocenters. The minimum atomic E-state index is -4.29. The summed E-state index contributed by atoms with van der Waals surface area (Å²) in [4.78, 5) is 1.46. The summed E-state index contributed by atoms with van der Waals surface area (Å²) >= 11 is 0. The second-order valence-corrected chi connectivity index (χ2v) is 4.51. The lowest BCUT2D eigenvalue weighted by molar-refractivity contribution is -0.187. The molecule has 1 aromatic carbocycles. The van der Waals surface area contributed by atoms with Crippen molar-refractivity contribution in [3.05, 3.63) is 29.8 Å². The summed E-state index contributed by atoms with van der Waals surface area (Å²) in [5.74, 6) is 0.446. The van der Waals surface area contributed by atoms with Gasteiger partial charge in [-0.1, -0.05) is 12.1 Å². The molecule has 8 heteroatoms. The summed E-state index contributed by atoms with van der Waals surface area (Å²) in [6.07, 6.45) is -4.29. The first-order chi connectivity index (χ1) is 9.02. The van der Waals surface area contributed by atoms with Crippen molar-refractivity contribution in [1.82, 2.24) is 10.2 Å². The van der Waals surface area contributed by atoms with Gasteiger partial charge in [0.2, 0.25) is 0 Å². The SMILES string of the molecule is COc1cccc([C@@H](N2CCNCC2)C(F)(F)F)c1.Cl.Cl. The van der Waals surface area contributed by atoms with Gasteiger partial charge in [-0.05, 0) is 17.7 Å². The van der Waals surface area contributed by atoms with Gasteiger partial charge in [0.1, 0.15) is 11.8 Å². The lowest BCUT2D eigenvalue weighted by atomic mass is 10.0. The third kappa shape index (κ3) is 5.21. The Bertz CT molecular complexity index is 426. The number of hydrogen-bond donors (Lipinski definition) is 1. The Morgan fingerprint density at radius 3 is 2.33 bits per heavy atom. The van der Waals surface area contributed by atoms with E-state index in [2.05, 4.69) is 5.32 Å². The average molecular weight is 347 g/mol. The molecule has 1 aliphatic rings. The Morgan fingerprint density at radius 1 is 1.19 bits per heavy atom. The molecule has 0 radical (unpaired) electrons. The fourth-order valence-corrected chi connectivity index (χ4v) is 2.36. The molecule has 0 bridgehead atoms. The zero-order valence-corrected chi connectivity index (χ0v) is 13.2. The minimum absolute atomic E-state index is 0. The van der Waals surface area contributed by atoms with E-state index in [1.807, 2.05) is 0 Å². The van der Waals surface area contributed by atoms with E-state index in [9.17, 15) is 13.2 Å². The first-order valence-electron chi connectivity index (χ1n) is 6.18. The van der Waals surface area contributed by atoms with Crippen LogP contribution >= 0.6 is 24.8 Å². The highest BCUT2D eigenvalue weighted by Crippen LogP contribution is 2.38. The molecule has 3 nitrogen and oxygen atoms in total. The highest BCUT2D eigenvalue weighted by Gasteiger charge is 2.44. The second kappa shape index (κ2) is 8.68. The van der Waals surface area contributed by atoms with E-state index in [1.54, 1.807) is 12.1 Å². The molecule has 1 saturated heterocycles. The molecule has 1 heterocycles. The maximum absolute atomic E-state index is 13.3. The number of methoxy groups -OCH3 is 1. The summed E-state index contributed by atoms with van der Waals surface area (Å²) in [5, 5.41) is 3.06. The normalized spacial score (nSPS) is 17.3. The fraction of sp³-hybridized carbons (Fsp3) is 0.538. The summed E-state index contributed by atoms with van der Waals surface area (Å²) in [7, 11) is 1.45.